The maximum atomic E-state index is 11.5. The first kappa shape index (κ1) is 14.6. The number of hydrogen-bond acceptors (Lipinski definition) is 6. The molecule has 0 aliphatic heterocycles. The molecule has 8 heteroatoms. The lowest BCUT2D eigenvalue weighted by molar-refractivity contribution is 0.572. The second kappa shape index (κ2) is 5.80. The van der Waals surface area contributed by atoms with Crippen molar-refractivity contribution in [3.8, 4) is 11.6 Å². The lowest BCUT2D eigenvalue weighted by atomic mass is 10.4. The number of H-pyrrole nitrogens is 1. The highest BCUT2D eigenvalue weighted by Crippen LogP contribution is 2.32. The molecule has 0 unspecified atom stereocenters. The largest absolute Gasteiger partial charge is 0.461 e. The molecule has 0 saturated heterocycles. The molecule has 7 nitrogen and oxygen atoms in total. The highest BCUT2D eigenvalue weighted by Gasteiger charge is 2.18. The fourth-order valence-electron chi connectivity index (χ4n) is 2.05. The molecular formula is C14H15N5O2S. The van der Waals surface area contributed by atoms with E-state index >= 15 is 0 Å². The lowest BCUT2D eigenvalue weighted by Crippen LogP contribution is -2.12. The Morgan fingerprint density at radius 3 is 2.91 bits per heavy atom. The standard InChI is InChI=1S/C14H15N5O2S/c1-8-7-11(20)16-12(15-8)9(2)22-14-18-17-13(19(14)3)10-5-4-6-21-10/h4-7,9H,1-3H3,(H,15,16,20)/t9-/m1/s1. The summed E-state index contributed by atoms with van der Waals surface area (Å²) in [6.07, 6.45) is 1.60. The van der Waals surface area contributed by atoms with Crippen molar-refractivity contribution in [2.75, 3.05) is 0 Å². The number of furan rings is 1. The van der Waals surface area contributed by atoms with Gasteiger partial charge in [0, 0.05) is 18.8 Å². The van der Waals surface area contributed by atoms with Gasteiger partial charge in [0.2, 0.25) is 0 Å². The minimum absolute atomic E-state index is 0.0556. The van der Waals surface area contributed by atoms with Crippen LogP contribution in [0, 0.1) is 6.92 Å². The summed E-state index contributed by atoms with van der Waals surface area (Å²) in [6, 6.07) is 5.11. The van der Waals surface area contributed by atoms with Crippen LogP contribution in [0.4, 0.5) is 0 Å². The zero-order chi connectivity index (χ0) is 15.7. The minimum Gasteiger partial charge on any atom is -0.461 e. The molecule has 0 saturated carbocycles. The van der Waals surface area contributed by atoms with E-state index in [1.54, 1.807) is 19.3 Å². The minimum atomic E-state index is -0.149. The van der Waals surface area contributed by atoms with Crippen molar-refractivity contribution in [3.63, 3.8) is 0 Å². The average Bonchev–Trinajstić information content (AvgIpc) is 3.08. The fraction of sp³-hybridized carbons (Fsp3) is 0.286. The van der Waals surface area contributed by atoms with E-state index in [9.17, 15) is 4.79 Å². The van der Waals surface area contributed by atoms with E-state index in [2.05, 4.69) is 20.2 Å². The molecule has 0 fully saturated rings. The van der Waals surface area contributed by atoms with E-state index < -0.39 is 0 Å². The lowest BCUT2D eigenvalue weighted by Gasteiger charge is -2.10. The maximum absolute atomic E-state index is 11.5. The number of nitrogens with zero attached hydrogens (tertiary/aromatic N) is 4. The predicted octanol–water partition coefficient (Wildman–Crippen LogP) is 2.32. The topological polar surface area (TPSA) is 89.6 Å². The quantitative estimate of drug-likeness (QED) is 0.743. The molecule has 3 rings (SSSR count). The first-order chi connectivity index (χ1) is 10.5. The van der Waals surface area contributed by atoms with Crippen LogP contribution in [0.5, 0.6) is 0 Å². The van der Waals surface area contributed by atoms with Gasteiger partial charge in [0.25, 0.3) is 5.56 Å². The van der Waals surface area contributed by atoms with Crippen molar-refractivity contribution in [2.24, 2.45) is 7.05 Å². The highest BCUT2D eigenvalue weighted by molar-refractivity contribution is 7.99. The SMILES string of the molecule is Cc1cc(=O)[nH]c([C@@H](C)Sc2nnc(-c3ccco3)n2C)n1. The van der Waals surface area contributed by atoms with Crippen LogP contribution in [0.1, 0.15) is 23.7 Å². The predicted molar refractivity (Wildman–Crippen MR) is 82.6 cm³/mol. The molecule has 0 aliphatic rings. The van der Waals surface area contributed by atoms with E-state index in [1.165, 1.54) is 17.8 Å². The van der Waals surface area contributed by atoms with E-state index in [4.69, 9.17) is 4.42 Å². The smallest absolute Gasteiger partial charge is 0.251 e. The Morgan fingerprint density at radius 1 is 1.41 bits per heavy atom. The van der Waals surface area contributed by atoms with E-state index in [0.29, 0.717) is 23.1 Å². The monoisotopic (exact) mass is 317 g/mol. The summed E-state index contributed by atoms with van der Waals surface area (Å²) in [5, 5.41) is 8.99. The molecule has 0 aliphatic carbocycles. The summed E-state index contributed by atoms with van der Waals surface area (Å²) < 4.78 is 7.20. The molecule has 114 valence electrons. The average molecular weight is 317 g/mol. The van der Waals surface area contributed by atoms with Crippen LogP contribution in [0.15, 0.2) is 38.8 Å². The molecule has 0 aromatic carbocycles. The number of rotatable bonds is 4. The van der Waals surface area contributed by atoms with Gasteiger partial charge in [0.1, 0.15) is 5.82 Å². The number of aromatic nitrogens is 5. The summed E-state index contributed by atoms with van der Waals surface area (Å²) in [5.74, 6) is 1.94. The van der Waals surface area contributed by atoms with Crippen LogP contribution in [-0.2, 0) is 7.05 Å². The summed E-state index contributed by atoms with van der Waals surface area (Å²) >= 11 is 1.47. The second-order valence-electron chi connectivity index (χ2n) is 4.87. The fourth-order valence-corrected chi connectivity index (χ4v) is 2.92. The maximum Gasteiger partial charge on any atom is 0.251 e. The van der Waals surface area contributed by atoms with Gasteiger partial charge >= 0.3 is 0 Å². The summed E-state index contributed by atoms with van der Waals surface area (Å²) in [4.78, 5) is 18.7. The summed E-state index contributed by atoms with van der Waals surface area (Å²) in [5.41, 5.74) is 0.546. The Bertz CT molecular complexity index is 837. The van der Waals surface area contributed by atoms with Crippen molar-refractivity contribution in [1.82, 2.24) is 24.7 Å². The third-order valence-corrected chi connectivity index (χ3v) is 4.27. The van der Waals surface area contributed by atoms with Gasteiger partial charge in [-0.25, -0.2) is 4.98 Å². The van der Waals surface area contributed by atoms with E-state index in [0.717, 1.165) is 5.16 Å². The first-order valence-electron chi connectivity index (χ1n) is 6.72. The molecule has 3 heterocycles. The van der Waals surface area contributed by atoms with Crippen molar-refractivity contribution < 1.29 is 4.42 Å². The van der Waals surface area contributed by atoms with E-state index in [1.807, 2.05) is 24.6 Å². The Kier molecular flexibility index (Phi) is 3.84. The zero-order valence-corrected chi connectivity index (χ0v) is 13.2. The van der Waals surface area contributed by atoms with E-state index in [-0.39, 0.29) is 10.8 Å². The number of aromatic amines is 1. The van der Waals surface area contributed by atoms with Gasteiger partial charge in [0.05, 0.1) is 11.5 Å². The van der Waals surface area contributed by atoms with Gasteiger partial charge in [-0.2, -0.15) is 0 Å². The van der Waals surface area contributed by atoms with Crippen molar-refractivity contribution in [1.29, 1.82) is 0 Å². The van der Waals surface area contributed by atoms with Crippen LogP contribution in [-0.4, -0.2) is 24.7 Å². The number of thioether (sulfide) groups is 1. The molecule has 1 atom stereocenters. The summed E-state index contributed by atoms with van der Waals surface area (Å²) in [7, 11) is 1.87. The van der Waals surface area contributed by atoms with Gasteiger partial charge in [-0.15, -0.1) is 10.2 Å². The Labute approximate surface area is 130 Å². The molecular weight excluding hydrogens is 302 g/mol. The molecule has 1 N–H and O–H groups in total. The molecule has 0 radical (unpaired) electrons. The summed E-state index contributed by atoms with van der Waals surface area (Å²) in [6.45, 7) is 3.76. The number of aryl methyl sites for hydroxylation is 1. The van der Waals surface area contributed by atoms with Crippen molar-refractivity contribution in [2.45, 2.75) is 24.3 Å². The molecule has 3 aromatic rings. The van der Waals surface area contributed by atoms with Crippen molar-refractivity contribution in [3.05, 3.63) is 46.3 Å². The second-order valence-corrected chi connectivity index (χ2v) is 6.18. The van der Waals surface area contributed by atoms with Crippen LogP contribution in [0.25, 0.3) is 11.6 Å². The van der Waals surface area contributed by atoms with Gasteiger partial charge < -0.3 is 14.0 Å². The molecule has 22 heavy (non-hydrogen) atoms. The Hall–Kier alpha value is -2.35. The third kappa shape index (κ3) is 2.82. The van der Waals surface area contributed by atoms with Crippen LogP contribution < -0.4 is 5.56 Å². The number of nitrogens with one attached hydrogen (secondary N) is 1. The Morgan fingerprint density at radius 2 is 2.23 bits per heavy atom. The van der Waals surface area contributed by atoms with Gasteiger partial charge in [-0.3, -0.25) is 4.79 Å². The molecule has 0 spiro atoms. The zero-order valence-electron chi connectivity index (χ0n) is 12.4. The normalized spacial score (nSPS) is 12.5. The van der Waals surface area contributed by atoms with Gasteiger partial charge in [0.15, 0.2) is 16.7 Å². The molecule has 0 amide bonds. The highest BCUT2D eigenvalue weighted by atomic mass is 32.2. The third-order valence-electron chi connectivity index (χ3n) is 3.13. The van der Waals surface area contributed by atoms with Crippen LogP contribution in [0.3, 0.4) is 0 Å². The van der Waals surface area contributed by atoms with Crippen LogP contribution >= 0.6 is 11.8 Å². The first-order valence-corrected chi connectivity index (χ1v) is 7.60. The number of hydrogen-bond donors (Lipinski definition) is 1. The Balaban J connectivity index is 1.85. The molecule has 3 aromatic heterocycles. The molecule has 0 bridgehead atoms. The van der Waals surface area contributed by atoms with Gasteiger partial charge in [-0.1, -0.05) is 11.8 Å². The van der Waals surface area contributed by atoms with Crippen molar-refractivity contribution >= 4 is 11.8 Å². The van der Waals surface area contributed by atoms with Crippen LogP contribution in [0.2, 0.25) is 0 Å². The van der Waals surface area contributed by atoms with Gasteiger partial charge in [-0.05, 0) is 26.0 Å².